The predicted octanol–water partition coefficient (Wildman–Crippen LogP) is 3.29. The third kappa shape index (κ3) is 6.75. The fraction of sp³-hybridized carbons (Fsp3) is 0.364. The number of rotatable bonds is 7. The number of hydrogen-bond acceptors (Lipinski definition) is 3. The van der Waals surface area contributed by atoms with Gasteiger partial charge in [-0.1, -0.05) is 18.2 Å². The maximum Gasteiger partial charge on any atom is 0.254 e. The maximum absolute atomic E-state index is 14.0. The molecular weight excluding hydrogens is 534 g/mol. The number of hydrogen-bond donors (Lipinski definition) is 3. The number of halogens is 4. The monoisotopic (exact) mass is 561 g/mol. The van der Waals surface area contributed by atoms with E-state index in [9.17, 15) is 18.0 Å². The minimum Gasteiger partial charge on any atom is -0.365 e. The number of carbonyl (C=O) groups is 1. The molecule has 2 aromatic rings. The minimum absolute atomic E-state index is 0. The van der Waals surface area contributed by atoms with Crippen molar-refractivity contribution in [3.05, 3.63) is 65.5 Å². The molecule has 0 spiro atoms. The average molecular weight is 561 g/mol. The summed E-state index contributed by atoms with van der Waals surface area (Å²) in [5.41, 5.74) is -0.0208. The second kappa shape index (κ2) is 12.5. The standard InChI is InChI=1S/C22H26F3N5O.HI/c1-2-26-22(28-12-11-27-21(31)16-6-3-4-7-17(16)23)29-15-10-13-30(14-15)20-18(24)8-5-9-19(20)25;/h3-9,15H,2,10-14H2,1H3,(H,27,31)(H2,26,28,29);1H. The molecule has 1 aliphatic heterocycles. The van der Waals surface area contributed by atoms with Gasteiger partial charge in [-0.3, -0.25) is 9.79 Å². The summed E-state index contributed by atoms with van der Waals surface area (Å²) < 4.78 is 41.7. The lowest BCUT2D eigenvalue weighted by atomic mass is 10.2. The number of nitrogens with one attached hydrogen (secondary N) is 3. The number of para-hydroxylation sites is 1. The lowest BCUT2D eigenvalue weighted by Gasteiger charge is -2.21. The molecule has 1 fully saturated rings. The van der Waals surface area contributed by atoms with Gasteiger partial charge in [0, 0.05) is 32.2 Å². The zero-order chi connectivity index (χ0) is 22.2. The van der Waals surface area contributed by atoms with Crippen LogP contribution in [0.3, 0.4) is 0 Å². The van der Waals surface area contributed by atoms with E-state index >= 15 is 0 Å². The fourth-order valence-electron chi connectivity index (χ4n) is 3.46. The van der Waals surface area contributed by atoms with Crippen LogP contribution in [0.4, 0.5) is 18.9 Å². The van der Waals surface area contributed by atoms with Gasteiger partial charge >= 0.3 is 0 Å². The topological polar surface area (TPSA) is 68.8 Å². The molecule has 1 atom stereocenters. The molecule has 0 aliphatic carbocycles. The average Bonchev–Trinajstić information content (AvgIpc) is 3.19. The first-order chi connectivity index (χ1) is 15.0. The quantitative estimate of drug-likeness (QED) is 0.210. The Bertz CT molecular complexity index is 923. The Balaban J connectivity index is 0.00000363. The number of nitrogens with zero attached hydrogens (tertiary/aromatic N) is 2. The van der Waals surface area contributed by atoms with E-state index in [1.807, 2.05) is 6.92 Å². The Kier molecular flexibility index (Phi) is 10.1. The minimum atomic E-state index is -0.577. The molecule has 6 nitrogen and oxygen atoms in total. The molecule has 1 heterocycles. The summed E-state index contributed by atoms with van der Waals surface area (Å²) in [6, 6.07) is 9.59. The van der Waals surface area contributed by atoms with E-state index in [2.05, 4.69) is 20.9 Å². The van der Waals surface area contributed by atoms with E-state index in [-0.39, 0.29) is 54.4 Å². The van der Waals surface area contributed by atoms with Gasteiger partial charge in [0.15, 0.2) is 5.96 Å². The summed E-state index contributed by atoms with van der Waals surface area (Å²) in [7, 11) is 0. The number of amides is 1. The first kappa shape index (κ1) is 25.8. The van der Waals surface area contributed by atoms with E-state index in [0.717, 1.165) is 0 Å². The van der Waals surface area contributed by atoms with Crippen molar-refractivity contribution in [2.24, 2.45) is 4.99 Å². The first-order valence-corrected chi connectivity index (χ1v) is 10.3. The van der Waals surface area contributed by atoms with Crippen LogP contribution in [0.15, 0.2) is 47.5 Å². The highest BCUT2D eigenvalue weighted by atomic mass is 127. The van der Waals surface area contributed by atoms with Crippen LogP contribution < -0.4 is 20.9 Å². The van der Waals surface area contributed by atoms with Gasteiger partial charge in [-0.15, -0.1) is 24.0 Å². The smallest absolute Gasteiger partial charge is 0.254 e. The van der Waals surface area contributed by atoms with Gasteiger partial charge in [-0.2, -0.15) is 0 Å². The Morgan fingerprint density at radius 1 is 1.06 bits per heavy atom. The Labute approximate surface area is 202 Å². The lowest BCUT2D eigenvalue weighted by molar-refractivity contribution is 0.0950. The molecule has 1 saturated heterocycles. The van der Waals surface area contributed by atoms with Crippen molar-refractivity contribution in [3.8, 4) is 0 Å². The molecule has 1 amide bonds. The molecule has 32 heavy (non-hydrogen) atoms. The molecule has 0 bridgehead atoms. The van der Waals surface area contributed by atoms with Crippen molar-refractivity contribution >= 4 is 41.5 Å². The van der Waals surface area contributed by atoms with Crippen molar-refractivity contribution in [2.45, 2.75) is 19.4 Å². The maximum atomic E-state index is 14.0. The Morgan fingerprint density at radius 3 is 2.44 bits per heavy atom. The number of anilines is 1. The SMILES string of the molecule is CCNC(=NCCNC(=O)c1ccccc1F)NC1CCN(c2c(F)cccc2F)C1.I. The van der Waals surface area contributed by atoms with Crippen molar-refractivity contribution in [1.82, 2.24) is 16.0 Å². The summed E-state index contributed by atoms with van der Waals surface area (Å²) in [5, 5.41) is 9.02. The third-order valence-corrected chi connectivity index (χ3v) is 4.91. The van der Waals surface area contributed by atoms with E-state index in [0.29, 0.717) is 32.0 Å². The van der Waals surface area contributed by atoms with Crippen molar-refractivity contribution in [3.63, 3.8) is 0 Å². The summed E-state index contributed by atoms with van der Waals surface area (Å²) in [6.07, 6.45) is 0.697. The van der Waals surface area contributed by atoms with Gasteiger partial charge in [0.25, 0.3) is 5.91 Å². The zero-order valence-electron chi connectivity index (χ0n) is 17.7. The summed E-state index contributed by atoms with van der Waals surface area (Å²) in [5.74, 6) is -1.68. The van der Waals surface area contributed by atoms with Crippen LogP contribution in [0.5, 0.6) is 0 Å². The predicted molar refractivity (Wildman–Crippen MR) is 130 cm³/mol. The van der Waals surface area contributed by atoms with Gasteiger partial charge < -0.3 is 20.9 Å². The molecule has 1 unspecified atom stereocenters. The number of carbonyl (C=O) groups excluding carboxylic acids is 1. The van der Waals surface area contributed by atoms with E-state index in [1.165, 1.54) is 36.4 Å². The second-order valence-electron chi connectivity index (χ2n) is 7.14. The molecule has 10 heteroatoms. The Hall–Kier alpha value is -2.50. The van der Waals surface area contributed by atoms with Gasteiger partial charge in [-0.05, 0) is 37.6 Å². The highest BCUT2D eigenvalue weighted by Crippen LogP contribution is 2.26. The van der Waals surface area contributed by atoms with Crippen molar-refractivity contribution < 1.29 is 18.0 Å². The number of benzene rings is 2. The summed E-state index contributed by atoms with van der Waals surface area (Å²) in [6.45, 7) is 4.04. The normalized spacial score (nSPS) is 15.8. The van der Waals surface area contributed by atoms with Gasteiger partial charge in [0.2, 0.25) is 0 Å². The van der Waals surface area contributed by atoms with Crippen LogP contribution in [0, 0.1) is 17.5 Å². The molecule has 0 aromatic heterocycles. The molecule has 2 aromatic carbocycles. The summed E-state index contributed by atoms with van der Waals surface area (Å²) in [4.78, 5) is 18.1. The molecule has 0 radical (unpaired) electrons. The number of aliphatic imine (C=N–C) groups is 1. The Morgan fingerprint density at radius 2 is 1.75 bits per heavy atom. The highest BCUT2D eigenvalue weighted by Gasteiger charge is 2.27. The van der Waals surface area contributed by atoms with Gasteiger partial charge in [-0.25, -0.2) is 13.2 Å². The first-order valence-electron chi connectivity index (χ1n) is 10.3. The lowest BCUT2D eigenvalue weighted by Crippen LogP contribution is -2.45. The van der Waals surface area contributed by atoms with Gasteiger partial charge in [0.05, 0.1) is 12.1 Å². The van der Waals surface area contributed by atoms with Gasteiger partial charge in [0.1, 0.15) is 23.1 Å². The van der Waals surface area contributed by atoms with E-state index in [1.54, 1.807) is 11.0 Å². The van der Waals surface area contributed by atoms with Crippen LogP contribution in [0.2, 0.25) is 0 Å². The van der Waals surface area contributed by atoms with Crippen molar-refractivity contribution in [1.29, 1.82) is 0 Å². The van der Waals surface area contributed by atoms with Crippen LogP contribution >= 0.6 is 24.0 Å². The van der Waals surface area contributed by atoms with E-state index in [4.69, 9.17) is 0 Å². The fourth-order valence-corrected chi connectivity index (χ4v) is 3.46. The largest absolute Gasteiger partial charge is 0.365 e. The second-order valence-corrected chi connectivity index (χ2v) is 7.14. The number of guanidine groups is 1. The van der Waals surface area contributed by atoms with E-state index < -0.39 is 23.4 Å². The molecule has 1 aliphatic rings. The van der Waals surface area contributed by atoms with Crippen LogP contribution in [0.25, 0.3) is 0 Å². The van der Waals surface area contributed by atoms with Crippen molar-refractivity contribution in [2.75, 3.05) is 37.6 Å². The zero-order valence-corrected chi connectivity index (χ0v) is 20.0. The molecule has 0 saturated carbocycles. The molecule has 3 rings (SSSR count). The highest BCUT2D eigenvalue weighted by molar-refractivity contribution is 14.0. The third-order valence-electron chi connectivity index (χ3n) is 4.91. The van der Waals surface area contributed by atoms with Crippen LogP contribution in [0.1, 0.15) is 23.7 Å². The molecule has 174 valence electrons. The molecule has 3 N–H and O–H groups in total. The van der Waals surface area contributed by atoms with Crippen LogP contribution in [-0.4, -0.2) is 50.6 Å². The molecular formula is C22H27F3IN5O. The summed E-state index contributed by atoms with van der Waals surface area (Å²) >= 11 is 0. The van der Waals surface area contributed by atoms with Crippen LogP contribution in [-0.2, 0) is 0 Å².